The van der Waals surface area contributed by atoms with Crippen molar-refractivity contribution >= 4 is 12.0 Å². The molecule has 2 nitrogen and oxygen atoms in total. The fraction of sp³-hybridized carbons (Fsp3) is 0.357. The predicted octanol–water partition coefficient (Wildman–Crippen LogP) is 3.27. The Bertz CT molecular complexity index is 428. The normalized spacial score (nSPS) is 19.2. The molecule has 1 aliphatic heterocycles. The van der Waals surface area contributed by atoms with E-state index in [9.17, 15) is 4.79 Å². The van der Waals surface area contributed by atoms with E-state index in [4.69, 9.17) is 4.74 Å². The van der Waals surface area contributed by atoms with Crippen LogP contribution in [0.2, 0.25) is 0 Å². The monoisotopic (exact) mass is 216 g/mol. The van der Waals surface area contributed by atoms with Crippen molar-refractivity contribution in [2.24, 2.45) is 0 Å². The highest BCUT2D eigenvalue weighted by atomic mass is 16.5. The van der Waals surface area contributed by atoms with Gasteiger partial charge in [0.2, 0.25) is 0 Å². The van der Waals surface area contributed by atoms with E-state index in [0.717, 1.165) is 24.7 Å². The Morgan fingerprint density at radius 1 is 1.25 bits per heavy atom. The maximum atomic E-state index is 10.6. The lowest BCUT2D eigenvalue weighted by Gasteiger charge is -2.27. The number of carbonyl (C=O) groups is 1. The summed E-state index contributed by atoms with van der Waals surface area (Å²) in [5, 5.41) is 0. The maximum absolute atomic E-state index is 10.6. The second-order valence-electron chi connectivity index (χ2n) is 4.02. The van der Waals surface area contributed by atoms with E-state index in [-0.39, 0.29) is 5.60 Å². The van der Waals surface area contributed by atoms with Crippen LogP contribution in [0.5, 0.6) is 0 Å². The lowest BCUT2D eigenvalue weighted by Crippen LogP contribution is -2.22. The fourth-order valence-electron chi connectivity index (χ4n) is 2.38. The summed E-state index contributed by atoms with van der Waals surface area (Å²) >= 11 is 0. The summed E-state index contributed by atoms with van der Waals surface area (Å²) in [7, 11) is 0. The minimum atomic E-state index is -0.245. The van der Waals surface area contributed by atoms with Gasteiger partial charge in [-0.3, -0.25) is 4.79 Å². The van der Waals surface area contributed by atoms with E-state index in [1.165, 1.54) is 11.6 Å². The first-order valence-corrected chi connectivity index (χ1v) is 5.71. The average Bonchev–Trinajstić information content (AvgIpc) is 2.65. The largest absolute Gasteiger partial charge is 0.482 e. The Hall–Kier alpha value is -1.57. The van der Waals surface area contributed by atoms with E-state index in [2.05, 4.69) is 19.9 Å². The molecule has 0 spiro atoms. The van der Waals surface area contributed by atoms with Crippen LogP contribution in [0.4, 0.5) is 0 Å². The summed E-state index contributed by atoms with van der Waals surface area (Å²) in [5.74, 6) is 0.703. The molecule has 1 aromatic rings. The molecule has 1 aromatic carbocycles. The number of carbonyl (C=O) groups excluding carboxylic acids is 1. The molecule has 0 saturated carbocycles. The number of hydrogen-bond donors (Lipinski definition) is 0. The zero-order chi connectivity index (χ0) is 11.6. The van der Waals surface area contributed by atoms with Gasteiger partial charge in [0.1, 0.15) is 17.6 Å². The van der Waals surface area contributed by atoms with Crippen molar-refractivity contribution in [3.8, 4) is 0 Å². The van der Waals surface area contributed by atoms with Gasteiger partial charge in [0.25, 0.3) is 0 Å². The summed E-state index contributed by atoms with van der Waals surface area (Å²) in [6.07, 6.45) is 4.12. The second-order valence-corrected chi connectivity index (χ2v) is 4.02. The Labute approximate surface area is 95.9 Å². The van der Waals surface area contributed by atoms with Crippen molar-refractivity contribution < 1.29 is 9.53 Å². The molecule has 0 unspecified atom stereocenters. The van der Waals surface area contributed by atoms with Crippen LogP contribution in [0.15, 0.2) is 30.3 Å². The number of aldehydes is 1. The molecule has 0 fully saturated rings. The third kappa shape index (κ3) is 1.45. The van der Waals surface area contributed by atoms with Gasteiger partial charge in [0.15, 0.2) is 0 Å². The Morgan fingerprint density at radius 2 is 1.94 bits per heavy atom. The summed E-state index contributed by atoms with van der Waals surface area (Å²) < 4.78 is 5.99. The van der Waals surface area contributed by atoms with Crippen molar-refractivity contribution in [3.05, 3.63) is 41.5 Å². The molecular weight excluding hydrogens is 200 g/mol. The minimum absolute atomic E-state index is 0.245. The van der Waals surface area contributed by atoms with Gasteiger partial charge in [0, 0.05) is 17.2 Å². The summed E-state index contributed by atoms with van der Waals surface area (Å²) in [6.45, 7) is 4.23. The first kappa shape index (κ1) is 10.9. The number of hydrogen-bond acceptors (Lipinski definition) is 2. The van der Waals surface area contributed by atoms with Gasteiger partial charge in [-0.25, -0.2) is 0 Å². The van der Waals surface area contributed by atoms with Gasteiger partial charge < -0.3 is 4.74 Å². The molecule has 2 heteroatoms. The highest BCUT2D eigenvalue weighted by Gasteiger charge is 2.39. The zero-order valence-electron chi connectivity index (χ0n) is 9.69. The van der Waals surface area contributed by atoms with Gasteiger partial charge >= 0.3 is 0 Å². The van der Waals surface area contributed by atoms with E-state index in [0.29, 0.717) is 5.76 Å². The number of rotatable bonds is 3. The highest BCUT2D eigenvalue weighted by molar-refractivity contribution is 5.81. The summed E-state index contributed by atoms with van der Waals surface area (Å²) in [4.78, 5) is 10.6. The van der Waals surface area contributed by atoms with Crippen molar-refractivity contribution in [2.45, 2.75) is 32.3 Å². The lowest BCUT2D eigenvalue weighted by atomic mass is 9.87. The van der Waals surface area contributed by atoms with Crippen LogP contribution in [0, 0.1) is 0 Å². The van der Waals surface area contributed by atoms with Crippen molar-refractivity contribution in [2.75, 3.05) is 0 Å². The Balaban J connectivity index is 2.59. The third-order valence-electron chi connectivity index (χ3n) is 3.35. The number of benzene rings is 1. The molecule has 1 heterocycles. The van der Waals surface area contributed by atoms with Crippen LogP contribution in [-0.2, 0) is 15.1 Å². The third-order valence-corrected chi connectivity index (χ3v) is 3.35. The molecule has 16 heavy (non-hydrogen) atoms. The standard InChI is InChI=1S/C14H16O2/c1-3-14(4-2)12-8-6-5-7-11(12)13(16-14)9-10-15/h5-10H,3-4H2,1-2H3/b13-9-. The lowest BCUT2D eigenvalue weighted by molar-refractivity contribution is -0.104. The van der Waals surface area contributed by atoms with Crippen LogP contribution >= 0.6 is 0 Å². The second kappa shape index (κ2) is 4.12. The topological polar surface area (TPSA) is 26.3 Å². The van der Waals surface area contributed by atoms with Gasteiger partial charge in [-0.1, -0.05) is 38.1 Å². The molecule has 0 bridgehead atoms. The molecule has 0 aromatic heterocycles. The van der Waals surface area contributed by atoms with Gasteiger partial charge in [-0.05, 0) is 12.8 Å². The van der Waals surface area contributed by atoms with Gasteiger partial charge in [0.05, 0.1) is 0 Å². The van der Waals surface area contributed by atoms with E-state index >= 15 is 0 Å². The van der Waals surface area contributed by atoms with Crippen LogP contribution in [-0.4, -0.2) is 6.29 Å². The van der Waals surface area contributed by atoms with Crippen LogP contribution in [0.25, 0.3) is 5.76 Å². The first-order valence-electron chi connectivity index (χ1n) is 5.71. The van der Waals surface area contributed by atoms with E-state index in [1.807, 2.05) is 18.2 Å². The molecular formula is C14H16O2. The number of fused-ring (bicyclic) bond motifs is 1. The minimum Gasteiger partial charge on any atom is -0.482 e. The van der Waals surface area contributed by atoms with Crippen LogP contribution in [0.1, 0.15) is 37.8 Å². The molecule has 0 atom stereocenters. The van der Waals surface area contributed by atoms with Crippen LogP contribution < -0.4 is 0 Å². The molecule has 2 rings (SSSR count). The van der Waals surface area contributed by atoms with E-state index in [1.54, 1.807) is 0 Å². The number of allylic oxidation sites excluding steroid dienone is 1. The summed E-state index contributed by atoms with van der Waals surface area (Å²) in [6, 6.07) is 8.10. The van der Waals surface area contributed by atoms with Crippen molar-refractivity contribution in [1.29, 1.82) is 0 Å². The van der Waals surface area contributed by atoms with Crippen molar-refractivity contribution in [3.63, 3.8) is 0 Å². The quantitative estimate of drug-likeness (QED) is 0.572. The maximum Gasteiger partial charge on any atom is 0.146 e. The predicted molar refractivity (Wildman–Crippen MR) is 63.8 cm³/mol. The van der Waals surface area contributed by atoms with Crippen molar-refractivity contribution in [1.82, 2.24) is 0 Å². The molecule has 0 amide bonds. The highest BCUT2D eigenvalue weighted by Crippen LogP contribution is 2.46. The Kier molecular flexibility index (Phi) is 2.82. The molecule has 0 saturated heterocycles. The smallest absolute Gasteiger partial charge is 0.146 e. The molecule has 84 valence electrons. The zero-order valence-corrected chi connectivity index (χ0v) is 9.69. The summed E-state index contributed by atoms with van der Waals surface area (Å²) in [5.41, 5.74) is 2.01. The van der Waals surface area contributed by atoms with E-state index < -0.39 is 0 Å². The molecule has 0 aliphatic carbocycles. The molecule has 0 radical (unpaired) electrons. The average molecular weight is 216 g/mol. The SMILES string of the molecule is CCC1(CC)O/C(=C\C=O)c2ccccc21. The van der Waals surface area contributed by atoms with Crippen LogP contribution in [0.3, 0.4) is 0 Å². The molecule has 0 N–H and O–H groups in total. The Morgan fingerprint density at radius 3 is 2.56 bits per heavy atom. The first-order chi connectivity index (χ1) is 7.77. The molecule has 1 aliphatic rings. The number of ether oxygens (including phenoxy) is 1. The van der Waals surface area contributed by atoms with Gasteiger partial charge in [-0.15, -0.1) is 0 Å². The fourth-order valence-corrected chi connectivity index (χ4v) is 2.38. The van der Waals surface area contributed by atoms with Gasteiger partial charge in [-0.2, -0.15) is 0 Å².